The molecule has 1 amide bonds. The first kappa shape index (κ1) is 20.0. The van der Waals surface area contributed by atoms with E-state index in [1.165, 1.54) is 16.4 Å². The van der Waals surface area contributed by atoms with Crippen molar-refractivity contribution in [1.82, 2.24) is 19.5 Å². The number of rotatable bonds is 3. The van der Waals surface area contributed by atoms with Crippen molar-refractivity contribution in [2.45, 2.75) is 11.0 Å². The second kappa shape index (κ2) is 7.66. The van der Waals surface area contributed by atoms with Gasteiger partial charge in [0, 0.05) is 26.2 Å². The Morgan fingerprint density at radius 3 is 2.48 bits per heavy atom. The number of carbonyl (C=O) groups excluding carboxylic acids is 1. The predicted molar refractivity (Wildman–Crippen MR) is 109 cm³/mol. The number of amides is 1. The number of ether oxygens (including phenoxy) is 2. The molecule has 3 heterocycles. The Morgan fingerprint density at radius 1 is 1.00 bits per heavy atom. The van der Waals surface area contributed by atoms with Crippen LogP contribution >= 0.6 is 11.6 Å². The fraction of sp³-hybridized carbons (Fsp3) is 0.316. The SMILES string of the molecule is O=C([C@@H]1COc2ccccc2O1)N1CCN(S(=O)(=O)c2ccc(Cl)c3nonc23)CC1. The van der Waals surface area contributed by atoms with Crippen LogP contribution in [0.5, 0.6) is 11.5 Å². The Balaban J connectivity index is 1.28. The van der Waals surface area contributed by atoms with Gasteiger partial charge in [-0.1, -0.05) is 23.7 Å². The van der Waals surface area contributed by atoms with Gasteiger partial charge in [-0.05, 0) is 34.6 Å². The van der Waals surface area contributed by atoms with Crippen molar-refractivity contribution in [2.75, 3.05) is 32.8 Å². The number of hydrogen-bond donors (Lipinski definition) is 0. The van der Waals surface area contributed by atoms with E-state index < -0.39 is 16.1 Å². The molecule has 5 rings (SSSR count). The Bertz CT molecular complexity index is 1260. The Morgan fingerprint density at radius 2 is 1.71 bits per heavy atom. The number of para-hydroxylation sites is 2. The molecular weight excluding hydrogens is 448 g/mol. The lowest BCUT2D eigenvalue weighted by atomic mass is 10.2. The van der Waals surface area contributed by atoms with Crippen LogP contribution in [0.3, 0.4) is 0 Å². The van der Waals surface area contributed by atoms with Crippen LogP contribution in [0.15, 0.2) is 45.9 Å². The van der Waals surface area contributed by atoms with Gasteiger partial charge in [0.25, 0.3) is 5.91 Å². The molecule has 0 aliphatic carbocycles. The van der Waals surface area contributed by atoms with Gasteiger partial charge in [0.15, 0.2) is 22.5 Å². The number of fused-ring (bicyclic) bond motifs is 2. The van der Waals surface area contributed by atoms with E-state index in [2.05, 4.69) is 14.9 Å². The van der Waals surface area contributed by atoms with E-state index in [-0.39, 0.29) is 59.6 Å². The second-order valence-corrected chi connectivity index (χ2v) is 9.41. The van der Waals surface area contributed by atoms with Crippen molar-refractivity contribution >= 4 is 38.6 Å². The highest BCUT2D eigenvalue weighted by atomic mass is 35.5. The third-order valence-electron chi connectivity index (χ3n) is 5.28. The van der Waals surface area contributed by atoms with Crippen LogP contribution in [0, 0.1) is 0 Å². The summed E-state index contributed by atoms with van der Waals surface area (Å²) in [4.78, 5) is 14.4. The van der Waals surface area contributed by atoms with E-state index in [9.17, 15) is 13.2 Å². The number of nitrogens with zero attached hydrogens (tertiary/aromatic N) is 4. The molecule has 0 saturated carbocycles. The van der Waals surface area contributed by atoms with Gasteiger partial charge in [-0.25, -0.2) is 13.0 Å². The maximum absolute atomic E-state index is 13.2. The van der Waals surface area contributed by atoms with Gasteiger partial charge >= 0.3 is 0 Å². The second-order valence-electron chi connectivity index (χ2n) is 7.10. The number of sulfonamides is 1. The van der Waals surface area contributed by atoms with Gasteiger partial charge in [-0.15, -0.1) is 0 Å². The molecular formula is C19H17ClN4O6S. The average molecular weight is 465 g/mol. The molecule has 0 unspecified atom stereocenters. The molecule has 10 nitrogen and oxygen atoms in total. The minimum absolute atomic E-state index is 0.0338. The summed E-state index contributed by atoms with van der Waals surface area (Å²) in [6, 6.07) is 9.97. The van der Waals surface area contributed by atoms with E-state index in [0.717, 1.165) is 0 Å². The summed E-state index contributed by atoms with van der Waals surface area (Å²) < 4.78 is 43.7. The molecule has 3 aromatic rings. The average Bonchev–Trinajstić information content (AvgIpc) is 3.29. The van der Waals surface area contributed by atoms with Crippen molar-refractivity contribution < 1.29 is 27.3 Å². The van der Waals surface area contributed by atoms with Gasteiger partial charge in [0.1, 0.15) is 11.5 Å². The largest absolute Gasteiger partial charge is 0.485 e. The van der Waals surface area contributed by atoms with E-state index in [1.54, 1.807) is 23.1 Å². The van der Waals surface area contributed by atoms with Crippen LogP contribution in [-0.4, -0.2) is 72.7 Å². The summed E-state index contributed by atoms with van der Waals surface area (Å²) in [6.07, 6.45) is -0.768. The summed E-state index contributed by atoms with van der Waals surface area (Å²) in [7, 11) is -3.87. The number of carbonyl (C=O) groups is 1. The predicted octanol–water partition coefficient (Wildman–Crippen LogP) is 1.55. The molecule has 2 aliphatic heterocycles. The topological polar surface area (TPSA) is 115 Å². The van der Waals surface area contributed by atoms with Crippen LogP contribution in [0.1, 0.15) is 0 Å². The zero-order valence-electron chi connectivity index (χ0n) is 16.1. The molecule has 0 bridgehead atoms. The zero-order valence-corrected chi connectivity index (χ0v) is 17.7. The van der Waals surface area contributed by atoms with Gasteiger partial charge in [-0.2, -0.15) is 4.31 Å². The first-order valence-corrected chi connectivity index (χ1v) is 11.3. The first-order chi connectivity index (χ1) is 14.9. The highest BCUT2D eigenvalue weighted by Crippen LogP contribution is 2.32. The molecule has 0 N–H and O–H groups in total. The van der Waals surface area contributed by atoms with Crippen molar-refractivity contribution in [2.24, 2.45) is 0 Å². The molecule has 2 aliphatic rings. The van der Waals surface area contributed by atoms with E-state index in [4.69, 9.17) is 21.1 Å². The highest BCUT2D eigenvalue weighted by molar-refractivity contribution is 7.89. The summed E-state index contributed by atoms with van der Waals surface area (Å²) in [5.74, 6) is 0.876. The molecule has 1 saturated heterocycles. The number of benzene rings is 2. The van der Waals surface area contributed by atoms with Gasteiger partial charge in [0.2, 0.25) is 16.1 Å². The monoisotopic (exact) mass is 464 g/mol. The minimum atomic E-state index is -3.87. The third-order valence-corrected chi connectivity index (χ3v) is 7.52. The molecule has 31 heavy (non-hydrogen) atoms. The number of piperazine rings is 1. The maximum atomic E-state index is 13.2. The van der Waals surface area contributed by atoms with E-state index >= 15 is 0 Å². The lowest BCUT2D eigenvalue weighted by Crippen LogP contribution is -2.55. The van der Waals surface area contributed by atoms with Crippen molar-refractivity contribution in [3.63, 3.8) is 0 Å². The van der Waals surface area contributed by atoms with E-state index in [0.29, 0.717) is 11.5 Å². The van der Waals surface area contributed by atoms with Gasteiger partial charge < -0.3 is 14.4 Å². The lowest BCUT2D eigenvalue weighted by Gasteiger charge is -2.36. The standard InChI is InChI=1S/C19H17ClN4O6S/c20-12-5-6-16(18-17(12)21-30-22-18)31(26,27)24-9-7-23(8-10-24)19(25)15-11-28-13-3-1-2-4-14(13)29-15/h1-6,15H,7-11H2/t15-/m0/s1. The number of hydrogen-bond acceptors (Lipinski definition) is 8. The number of aromatic nitrogens is 2. The summed E-state index contributed by atoms with van der Waals surface area (Å²) in [6.45, 7) is 0.832. The molecule has 1 atom stereocenters. The Kier molecular flexibility index (Phi) is 4.95. The Labute approximate surface area is 182 Å². The normalized spacial score (nSPS) is 19.5. The summed E-state index contributed by atoms with van der Waals surface area (Å²) in [5, 5.41) is 7.60. The molecule has 2 aromatic carbocycles. The van der Waals surface area contributed by atoms with Crippen LogP contribution in [-0.2, 0) is 14.8 Å². The lowest BCUT2D eigenvalue weighted by molar-refractivity contribution is -0.142. The van der Waals surface area contributed by atoms with Gasteiger partial charge in [0.05, 0.1) is 5.02 Å². The molecule has 1 aromatic heterocycles. The third kappa shape index (κ3) is 3.48. The highest BCUT2D eigenvalue weighted by Gasteiger charge is 2.36. The Hall–Kier alpha value is -2.89. The number of halogens is 1. The zero-order chi connectivity index (χ0) is 21.6. The van der Waals surface area contributed by atoms with Gasteiger partial charge in [-0.3, -0.25) is 4.79 Å². The molecule has 1 fully saturated rings. The first-order valence-electron chi connectivity index (χ1n) is 9.53. The van der Waals surface area contributed by atoms with Crippen LogP contribution in [0.2, 0.25) is 5.02 Å². The quantitative estimate of drug-likeness (QED) is 0.573. The fourth-order valence-electron chi connectivity index (χ4n) is 3.65. The van der Waals surface area contributed by atoms with Crippen molar-refractivity contribution in [3.05, 3.63) is 41.4 Å². The van der Waals surface area contributed by atoms with Crippen molar-refractivity contribution in [3.8, 4) is 11.5 Å². The smallest absolute Gasteiger partial charge is 0.267 e. The summed E-state index contributed by atoms with van der Waals surface area (Å²) in [5.41, 5.74) is 0.267. The molecule has 0 radical (unpaired) electrons. The minimum Gasteiger partial charge on any atom is -0.485 e. The van der Waals surface area contributed by atoms with Crippen LogP contribution < -0.4 is 9.47 Å². The molecule has 162 valence electrons. The fourth-order valence-corrected chi connectivity index (χ4v) is 5.38. The van der Waals surface area contributed by atoms with Crippen molar-refractivity contribution in [1.29, 1.82) is 0 Å². The molecule has 0 spiro atoms. The van der Waals surface area contributed by atoms with Crippen LogP contribution in [0.25, 0.3) is 11.0 Å². The van der Waals surface area contributed by atoms with E-state index in [1.807, 2.05) is 6.07 Å². The van der Waals surface area contributed by atoms with Crippen LogP contribution in [0.4, 0.5) is 0 Å². The maximum Gasteiger partial charge on any atom is 0.267 e. The molecule has 12 heteroatoms. The summed E-state index contributed by atoms with van der Waals surface area (Å²) >= 11 is 6.03.